The van der Waals surface area contributed by atoms with Crippen LogP contribution in [0, 0.1) is 0 Å². The Morgan fingerprint density at radius 2 is 2.07 bits per heavy atom. The van der Waals surface area contributed by atoms with Crippen LogP contribution < -0.4 is 9.47 Å². The SMILES string of the molecule is COc1ccc(CN2CC(c3nc(Cc4cccnc4)no3)C2)c(OC)c1. The Labute approximate surface area is 157 Å². The van der Waals surface area contributed by atoms with Crippen LogP contribution in [-0.4, -0.2) is 47.3 Å². The molecule has 1 aliphatic rings. The summed E-state index contributed by atoms with van der Waals surface area (Å²) in [6.45, 7) is 2.60. The predicted molar refractivity (Wildman–Crippen MR) is 98.9 cm³/mol. The summed E-state index contributed by atoms with van der Waals surface area (Å²) >= 11 is 0. The molecule has 1 aromatic carbocycles. The van der Waals surface area contributed by atoms with E-state index in [0.717, 1.165) is 42.3 Å². The number of aromatic nitrogens is 3. The lowest BCUT2D eigenvalue weighted by molar-refractivity contribution is 0.116. The van der Waals surface area contributed by atoms with Gasteiger partial charge in [0.2, 0.25) is 5.89 Å². The lowest BCUT2D eigenvalue weighted by Gasteiger charge is -2.37. The molecule has 4 rings (SSSR count). The highest BCUT2D eigenvalue weighted by Gasteiger charge is 2.33. The smallest absolute Gasteiger partial charge is 0.232 e. The third-order valence-corrected chi connectivity index (χ3v) is 4.76. The Morgan fingerprint density at radius 1 is 1.19 bits per heavy atom. The first-order chi connectivity index (χ1) is 13.2. The molecule has 0 N–H and O–H groups in total. The monoisotopic (exact) mass is 366 g/mol. The fourth-order valence-corrected chi connectivity index (χ4v) is 3.27. The van der Waals surface area contributed by atoms with Gasteiger partial charge in [0, 0.05) is 50.1 Å². The molecule has 0 amide bonds. The summed E-state index contributed by atoms with van der Waals surface area (Å²) in [5.74, 6) is 3.34. The molecule has 1 saturated heterocycles. The molecule has 140 valence electrons. The van der Waals surface area contributed by atoms with Crippen molar-refractivity contribution >= 4 is 0 Å². The first-order valence-electron chi connectivity index (χ1n) is 8.90. The molecule has 0 saturated carbocycles. The fraction of sp³-hybridized carbons (Fsp3) is 0.350. The van der Waals surface area contributed by atoms with Crippen molar-refractivity contribution in [2.45, 2.75) is 18.9 Å². The maximum Gasteiger partial charge on any atom is 0.232 e. The van der Waals surface area contributed by atoms with Crippen molar-refractivity contribution in [2.24, 2.45) is 0 Å². The van der Waals surface area contributed by atoms with E-state index in [1.54, 1.807) is 20.4 Å². The average molecular weight is 366 g/mol. The maximum atomic E-state index is 5.48. The summed E-state index contributed by atoms with van der Waals surface area (Å²) in [5, 5.41) is 4.10. The molecule has 1 fully saturated rings. The molecular weight excluding hydrogens is 344 g/mol. The number of methoxy groups -OCH3 is 2. The Hall–Kier alpha value is -2.93. The van der Waals surface area contributed by atoms with E-state index >= 15 is 0 Å². The highest BCUT2D eigenvalue weighted by molar-refractivity contribution is 5.40. The normalized spacial score (nSPS) is 14.7. The van der Waals surface area contributed by atoms with Crippen LogP contribution in [-0.2, 0) is 13.0 Å². The van der Waals surface area contributed by atoms with Gasteiger partial charge >= 0.3 is 0 Å². The van der Waals surface area contributed by atoms with Crippen molar-refractivity contribution < 1.29 is 14.0 Å². The molecule has 0 atom stereocenters. The first-order valence-corrected chi connectivity index (χ1v) is 8.90. The van der Waals surface area contributed by atoms with Gasteiger partial charge in [-0.1, -0.05) is 17.3 Å². The Kier molecular flexibility index (Phi) is 5.02. The molecule has 1 aliphatic heterocycles. The van der Waals surface area contributed by atoms with Crippen LogP contribution >= 0.6 is 0 Å². The summed E-state index contributed by atoms with van der Waals surface area (Å²) < 4.78 is 16.2. The number of likely N-dealkylation sites (tertiary alicyclic amines) is 1. The molecule has 0 unspecified atom stereocenters. The van der Waals surface area contributed by atoms with Crippen LogP contribution in [0.3, 0.4) is 0 Å². The Balaban J connectivity index is 1.33. The zero-order chi connectivity index (χ0) is 18.6. The maximum absolute atomic E-state index is 5.48. The number of benzene rings is 1. The van der Waals surface area contributed by atoms with Gasteiger partial charge in [-0.15, -0.1) is 0 Å². The standard InChI is InChI=1S/C20H22N4O3/c1-25-17-6-5-15(18(9-17)26-2)11-24-12-16(13-24)20-22-19(23-27-20)8-14-4-3-7-21-10-14/h3-7,9-10,16H,8,11-13H2,1-2H3. The van der Waals surface area contributed by atoms with E-state index in [2.05, 4.69) is 20.0 Å². The molecule has 2 aromatic heterocycles. The summed E-state index contributed by atoms with van der Waals surface area (Å²) in [5.41, 5.74) is 2.21. The molecule has 0 spiro atoms. The topological polar surface area (TPSA) is 73.5 Å². The third-order valence-electron chi connectivity index (χ3n) is 4.76. The lowest BCUT2D eigenvalue weighted by atomic mass is 9.99. The van der Waals surface area contributed by atoms with E-state index in [1.165, 1.54) is 0 Å². The van der Waals surface area contributed by atoms with Crippen molar-refractivity contribution in [2.75, 3.05) is 27.3 Å². The van der Waals surface area contributed by atoms with Crippen molar-refractivity contribution in [3.8, 4) is 11.5 Å². The molecule has 0 bridgehead atoms. The Morgan fingerprint density at radius 3 is 2.81 bits per heavy atom. The van der Waals surface area contributed by atoms with Crippen molar-refractivity contribution in [1.29, 1.82) is 0 Å². The number of hydrogen-bond acceptors (Lipinski definition) is 7. The van der Waals surface area contributed by atoms with Gasteiger partial charge in [0.25, 0.3) is 0 Å². The van der Waals surface area contributed by atoms with Crippen molar-refractivity contribution in [3.63, 3.8) is 0 Å². The lowest BCUT2D eigenvalue weighted by Crippen LogP contribution is -2.44. The summed E-state index contributed by atoms with van der Waals surface area (Å²) in [6.07, 6.45) is 4.21. The second-order valence-electron chi connectivity index (χ2n) is 6.66. The number of nitrogens with zero attached hydrogens (tertiary/aromatic N) is 4. The molecular formula is C20H22N4O3. The second kappa shape index (κ2) is 7.75. The van der Waals surface area contributed by atoms with Gasteiger partial charge in [-0.3, -0.25) is 9.88 Å². The average Bonchev–Trinajstić information content (AvgIpc) is 3.13. The number of hydrogen-bond donors (Lipinski definition) is 0. The Bertz CT molecular complexity index is 891. The highest BCUT2D eigenvalue weighted by atomic mass is 16.5. The molecule has 3 heterocycles. The summed E-state index contributed by atoms with van der Waals surface area (Å²) in [4.78, 5) is 11.0. The molecule has 7 heteroatoms. The van der Waals surface area contributed by atoms with Gasteiger partial charge in [0.05, 0.1) is 20.1 Å². The van der Waals surface area contributed by atoms with E-state index in [9.17, 15) is 0 Å². The number of rotatable bonds is 7. The van der Waals surface area contributed by atoms with E-state index in [0.29, 0.717) is 18.1 Å². The van der Waals surface area contributed by atoms with E-state index in [4.69, 9.17) is 14.0 Å². The van der Waals surface area contributed by atoms with Crippen LogP contribution in [0.2, 0.25) is 0 Å². The fourth-order valence-electron chi connectivity index (χ4n) is 3.27. The quantitative estimate of drug-likeness (QED) is 0.636. The van der Waals surface area contributed by atoms with Crippen LogP contribution in [0.4, 0.5) is 0 Å². The molecule has 27 heavy (non-hydrogen) atoms. The summed E-state index contributed by atoms with van der Waals surface area (Å²) in [7, 11) is 3.33. The largest absolute Gasteiger partial charge is 0.497 e. The second-order valence-corrected chi connectivity index (χ2v) is 6.66. The first kappa shape index (κ1) is 17.5. The number of ether oxygens (including phenoxy) is 2. The van der Waals surface area contributed by atoms with Crippen LogP contribution in [0.1, 0.15) is 28.8 Å². The summed E-state index contributed by atoms with van der Waals surface area (Å²) in [6, 6.07) is 9.83. The molecule has 3 aromatic rings. The predicted octanol–water partition coefficient (Wildman–Crippen LogP) is 2.67. The zero-order valence-electron chi connectivity index (χ0n) is 15.5. The van der Waals surface area contributed by atoms with Crippen LogP contribution in [0.25, 0.3) is 0 Å². The van der Waals surface area contributed by atoms with Crippen molar-refractivity contribution in [1.82, 2.24) is 20.0 Å². The molecule has 7 nitrogen and oxygen atoms in total. The van der Waals surface area contributed by atoms with Gasteiger partial charge in [0.15, 0.2) is 5.82 Å². The third kappa shape index (κ3) is 3.93. The van der Waals surface area contributed by atoms with Crippen LogP contribution in [0.15, 0.2) is 47.2 Å². The van der Waals surface area contributed by atoms with Gasteiger partial charge in [-0.25, -0.2) is 0 Å². The molecule has 0 radical (unpaired) electrons. The van der Waals surface area contributed by atoms with E-state index in [-0.39, 0.29) is 5.92 Å². The van der Waals surface area contributed by atoms with Gasteiger partial charge in [0.1, 0.15) is 11.5 Å². The van der Waals surface area contributed by atoms with E-state index < -0.39 is 0 Å². The van der Waals surface area contributed by atoms with Gasteiger partial charge in [-0.05, 0) is 17.7 Å². The van der Waals surface area contributed by atoms with Crippen LogP contribution in [0.5, 0.6) is 11.5 Å². The minimum atomic E-state index is 0.282. The zero-order valence-corrected chi connectivity index (χ0v) is 15.5. The van der Waals surface area contributed by atoms with Crippen molar-refractivity contribution in [3.05, 3.63) is 65.6 Å². The minimum Gasteiger partial charge on any atom is -0.497 e. The molecule has 0 aliphatic carbocycles. The minimum absolute atomic E-state index is 0.282. The number of pyridine rings is 1. The van der Waals surface area contributed by atoms with Gasteiger partial charge < -0.3 is 14.0 Å². The van der Waals surface area contributed by atoms with E-state index in [1.807, 2.05) is 36.5 Å². The highest BCUT2D eigenvalue weighted by Crippen LogP contribution is 2.31. The van der Waals surface area contributed by atoms with Gasteiger partial charge in [-0.2, -0.15) is 4.98 Å².